The normalized spacial score (nSPS) is 17.4. The van der Waals surface area contributed by atoms with Gasteiger partial charge in [-0.1, -0.05) is 0 Å². The fourth-order valence-corrected chi connectivity index (χ4v) is 4.17. The zero-order valence-electron chi connectivity index (χ0n) is 8.99. The number of amides is 1. The van der Waals surface area contributed by atoms with Gasteiger partial charge in [0.1, 0.15) is 0 Å². The van der Waals surface area contributed by atoms with Crippen LogP contribution in [-0.4, -0.2) is 54.3 Å². The first-order chi connectivity index (χ1) is 8.43. The van der Waals surface area contributed by atoms with Gasteiger partial charge in [0.2, 0.25) is 5.91 Å². The molecule has 0 atom stereocenters. The van der Waals surface area contributed by atoms with E-state index in [1.54, 1.807) is 0 Å². The first-order valence-electron chi connectivity index (χ1n) is 4.86. The van der Waals surface area contributed by atoms with Crippen LogP contribution >= 0.6 is 11.3 Å². The lowest BCUT2D eigenvalue weighted by molar-refractivity contribution is -0.122. The molecule has 2 heterocycles. The average molecular weight is 291 g/mol. The largest absolute Gasteiger partial charge is 0.476 e. The zero-order chi connectivity index (χ0) is 13.3. The van der Waals surface area contributed by atoms with Crippen molar-refractivity contribution in [1.82, 2.24) is 14.6 Å². The Hall–Kier alpha value is -1.52. The van der Waals surface area contributed by atoms with Crippen LogP contribution in [0.2, 0.25) is 0 Å². The van der Waals surface area contributed by atoms with E-state index in [1.165, 1.54) is 0 Å². The van der Waals surface area contributed by atoms with Gasteiger partial charge in [-0.2, -0.15) is 4.31 Å². The Kier molecular flexibility index (Phi) is 3.32. The first-order valence-corrected chi connectivity index (χ1v) is 7.18. The highest BCUT2D eigenvalue weighted by atomic mass is 32.2. The Morgan fingerprint density at radius 1 is 1.56 bits per heavy atom. The number of carboxylic acids is 1. The van der Waals surface area contributed by atoms with Crippen molar-refractivity contribution >= 4 is 33.2 Å². The van der Waals surface area contributed by atoms with Crippen LogP contribution in [0.15, 0.2) is 9.72 Å². The summed E-state index contributed by atoms with van der Waals surface area (Å²) in [7, 11) is -3.98. The third-order valence-corrected chi connectivity index (χ3v) is 5.51. The molecule has 98 valence electrons. The van der Waals surface area contributed by atoms with E-state index in [-0.39, 0.29) is 23.8 Å². The lowest BCUT2D eigenvalue weighted by Gasteiger charge is -2.25. The Balaban J connectivity index is 2.38. The summed E-state index contributed by atoms with van der Waals surface area (Å²) in [6.07, 6.45) is 0. The van der Waals surface area contributed by atoms with Gasteiger partial charge in [0, 0.05) is 13.1 Å². The van der Waals surface area contributed by atoms with E-state index in [2.05, 4.69) is 10.3 Å². The first kappa shape index (κ1) is 12.9. The molecule has 0 aromatic carbocycles. The molecular formula is C8H9N3O5S2. The Bertz CT molecular complexity index is 594. The minimum atomic E-state index is -3.98. The molecule has 1 saturated heterocycles. The van der Waals surface area contributed by atoms with Crippen LogP contribution < -0.4 is 5.32 Å². The second-order valence-electron chi connectivity index (χ2n) is 3.48. The number of hydrogen-bond donors (Lipinski definition) is 2. The summed E-state index contributed by atoms with van der Waals surface area (Å²) in [5, 5.41) is 11.3. The maximum atomic E-state index is 12.2. The number of carboxylic acid groups (broad SMARTS) is 1. The van der Waals surface area contributed by atoms with E-state index in [0.29, 0.717) is 0 Å². The Labute approximate surface area is 106 Å². The van der Waals surface area contributed by atoms with Crippen molar-refractivity contribution < 1.29 is 23.1 Å². The van der Waals surface area contributed by atoms with Crippen LogP contribution in [0.25, 0.3) is 0 Å². The average Bonchev–Trinajstić information content (AvgIpc) is 2.78. The van der Waals surface area contributed by atoms with Gasteiger partial charge in [0.25, 0.3) is 10.0 Å². The molecular weight excluding hydrogens is 282 g/mol. The SMILES string of the molecule is O=C1CN(S(=O)(=O)c2scnc2C(=O)O)CCN1. The van der Waals surface area contributed by atoms with Crippen molar-refractivity contribution in [3.8, 4) is 0 Å². The van der Waals surface area contributed by atoms with E-state index < -0.39 is 27.6 Å². The van der Waals surface area contributed by atoms with Crippen LogP contribution in [0.5, 0.6) is 0 Å². The van der Waals surface area contributed by atoms with Crippen molar-refractivity contribution in [1.29, 1.82) is 0 Å². The van der Waals surface area contributed by atoms with Crippen LogP contribution in [-0.2, 0) is 14.8 Å². The fraction of sp³-hybridized carbons (Fsp3) is 0.375. The van der Waals surface area contributed by atoms with Gasteiger partial charge in [-0.05, 0) is 0 Å². The second kappa shape index (κ2) is 4.63. The third kappa shape index (κ3) is 2.21. The summed E-state index contributed by atoms with van der Waals surface area (Å²) in [6.45, 7) is 0.0175. The molecule has 0 radical (unpaired) electrons. The quantitative estimate of drug-likeness (QED) is 0.735. The third-order valence-electron chi connectivity index (χ3n) is 2.32. The number of sulfonamides is 1. The summed E-state index contributed by atoms with van der Waals surface area (Å²) in [5.41, 5.74) is 0.645. The summed E-state index contributed by atoms with van der Waals surface area (Å²) in [6, 6.07) is 0. The van der Waals surface area contributed by atoms with Gasteiger partial charge >= 0.3 is 5.97 Å². The standard InChI is InChI=1S/C8H9N3O5S2/c12-5-3-11(2-1-9-5)18(15,16)8-6(7(13)14)10-4-17-8/h4H,1-3H2,(H,9,12)(H,13,14). The number of aromatic carboxylic acids is 1. The number of carbonyl (C=O) groups excluding carboxylic acids is 1. The molecule has 1 aliphatic rings. The van der Waals surface area contributed by atoms with Crippen molar-refractivity contribution in [3.63, 3.8) is 0 Å². The smallest absolute Gasteiger partial charge is 0.356 e. The predicted octanol–water partition coefficient (Wildman–Crippen LogP) is -1.04. The van der Waals surface area contributed by atoms with Gasteiger partial charge in [-0.3, -0.25) is 4.79 Å². The molecule has 8 nitrogen and oxygen atoms in total. The van der Waals surface area contributed by atoms with Crippen LogP contribution in [0.1, 0.15) is 10.5 Å². The van der Waals surface area contributed by atoms with E-state index in [4.69, 9.17) is 5.11 Å². The predicted molar refractivity (Wildman–Crippen MR) is 60.8 cm³/mol. The van der Waals surface area contributed by atoms with Gasteiger partial charge < -0.3 is 10.4 Å². The van der Waals surface area contributed by atoms with E-state index in [1.807, 2.05) is 0 Å². The summed E-state index contributed by atoms with van der Waals surface area (Å²) < 4.78 is 25.0. The molecule has 0 unspecified atom stereocenters. The molecule has 0 bridgehead atoms. The molecule has 1 amide bonds. The van der Waals surface area contributed by atoms with Crippen molar-refractivity contribution in [2.75, 3.05) is 19.6 Å². The number of nitrogens with zero attached hydrogens (tertiary/aromatic N) is 2. The lowest BCUT2D eigenvalue weighted by Crippen LogP contribution is -2.49. The molecule has 1 aliphatic heterocycles. The van der Waals surface area contributed by atoms with E-state index in [9.17, 15) is 18.0 Å². The highest BCUT2D eigenvalue weighted by Gasteiger charge is 2.34. The molecule has 2 rings (SSSR count). The van der Waals surface area contributed by atoms with Gasteiger partial charge in [0.05, 0.1) is 12.1 Å². The van der Waals surface area contributed by atoms with Crippen molar-refractivity contribution in [2.24, 2.45) is 0 Å². The van der Waals surface area contributed by atoms with Crippen LogP contribution in [0.3, 0.4) is 0 Å². The molecule has 18 heavy (non-hydrogen) atoms. The fourth-order valence-electron chi connectivity index (χ4n) is 1.50. The highest BCUT2D eigenvalue weighted by Crippen LogP contribution is 2.24. The maximum absolute atomic E-state index is 12.2. The van der Waals surface area contributed by atoms with Crippen LogP contribution in [0, 0.1) is 0 Å². The molecule has 1 aromatic rings. The number of piperazine rings is 1. The summed E-state index contributed by atoms with van der Waals surface area (Å²) in [4.78, 5) is 25.5. The lowest BCUT2D eigenvalue weighted by atomic mass is 10.4. The minimum absolute atomic E-state index is 0.116. The van der Waals surface area contributed by atoms with Gasteiger partial charge in [0.15, 0.2) is 9.90 Å². The van der Waals surface area contributed by atoms with Crippen LogP contribution in [0.4, 0.5) is 0 Å². The molecule has 2 N–H and O–H groups in total. The number of nitrogens with one attached hydrogen (secondary N) is 1. The maximum Gasteiger partial charge on any atom is 0.356 e. The van der Waals surface area contributed by atoms with Crippen molar-refractivity contribution in [3.05, 3.63) is 11.2 Å². The topological polar surface area (TPSA) is 117 Å². The van der Waals surface area contributed by atoms with E-state index in [0.717, 1.165) is 21.2 Å². The van der Waals surface area contributed by atoms with Gasteiger partial charge in [-0.25, -0.2) is 18.2 Å². The minimum Gasteiger partial charge on any atom is -0.476 e. The molecule has 10 heteroatoms. The molecule has 0 spiro atoms. The van der Waals surface area contributed by atoms with Gasteiger partial charge in [-0.15, -0.1) is 11.3 Å². The number of carbonyl (C=O) groups is 2. The molecule has 1 fully saturated rings. The van der Waals surface area contributed by atoms with Crippen molar-refractivity contribution in [2.45, 2.75) is 4.21 Å². The van der Waals surface area contributed by atoms with E-state index >= 15 is 0 Å². The monoisotopic (exact) mass is 291 g/mol. The number of thiazole rings is 1. The molecule has 0 saturated carbocycles. The second-order valence-corrected chi connectivity index (χ2v) is 6.47. The summed E-state index contributed by atoms with van der Waals surface area (Å²) >= 11 is 0.726. The molecule has 0 aliphatic carbocycles. The number of rotatable bonds is 3. The highest BCUT2D eigenvalue weighted by molar-refractivity contribution is 7.91. The summed E-state index contributed by atoms with van der Waals surface area (Å²) in [5.74, 6) is -1.82. The Morgan fingerprint density at radius 2 is 2.28 bits per heavy atom. The number of hydrogen-bond acceptors (Lipinski definition) is 6. The zero-order valence-corrected chi connectivity index (χ0v) is 10.6. The molecule has 1 aromatic heterocycles. The number of aromatic nitrogens is 1. The Morgan fingerprint density at radius 3 is 2.89 bits per heavy atom.